The molecule has 1 saturated heterocycles. The zero-order valence-electron chi connectivity index (χ0n) is 14.7. The highest BCUT2D eigenvalue weighted by atomic mass is 16.7. The molecular formula is C18H26O7. The summed E-state index contributed by atoms with van der Waals surface area (Å²) in [5.74, 6) is -0.553. The largest absolute Gasteiger partial charge is 0.454 e. The fourth-order valence-electron chi connectivity index (χ4n) is 2.37. The van der Waals surface area contributed by atoms with E-state index < -0.39 is 48.7 Å². The van der Waals surface area contributed by atoms with Gasteiger partial charge in [-0.1, -0.05) is 30.3 Å². The van der Waals surface area contributed by atoms with E-state index in [1.54, 1.807) is 20.8 Å². The number of hydrogen-bond donors (Lipinski definition) is 3. The number of esters is 1. The quantitative estimate of drug-likeness (QED) is 0.665. The van der Waals surface area contributed by atoms with Crippen molar-refractivity contribution in [3.05, 3.63) is 35.9 Å². The molecule has 0 radical (unpaired) electrons. The van der Waals surface area contributed by atoms with Crippen molar-refractivity contribution >= 4 is 5.97 Å². The Hall–Kier alpha value is -1.51. The van der Waals surface area contributed by atoms with Crippen LogP contribution in [0.4, 0.5) is 0 Å². The number of carbonyl (C=O) groups is 1. The van der Waals surface area contributed by atoms with E-state index >= 15 is 0 Å². The average Bonchev–Trinajstić information content (AvgIpc) is 2.58. The summed E-state index contributed by atoms with van der Waals surface area (Å²) in [5.41, 5.74) is 0.0795. The van der Waals surface area contributed by atoms with E-state index in [4.69, 9.17) is 14.2 Å². The Morgan fingerprint density at radius 2 is 1.80 bits per heavy atom. The van der Waals surface area contributed by atoms with Gasteiger partial charge in [-0.05, 0) is 26.3 Å². The Morgan fingerprint density at radius 1 is 1.16 bits per heavy atom. The van der Waals surface area contributed by atoms with Gasteiger partial charge in [-0.2, -0.15) is 0 Å². The molecule has 140 valence electrons. The van der Waals surface area contributed by atoms with Gasteiger partial charge in [-0.25, -0.2) is 0 Å². The topological polar surface area (TPSA) is 105 Å². The SMILES string of the molecule is CC(C)(C)C(=O)O[C@H]1[C@H](OCc2ccccc2)O[C@H](CO)[C@H](O)[C@@H]1O. The summed E-state index contributed by atoms with van der Waals surface area (Å²) in [5, 5.41) is 29.7. The number of rotatable bonds is 5. The molecule has 0 bridgehead atoms. The molecule has 1 aliphatic heterocycles. The molecule has 1 fully saturated rings. The number of aliphatic hydroxyl groups is 3. The standard InChI is InChI=1S/C18H26O7/c1-18(2,3)17(22)25-15-14(21)13(20)12(9-19)24-16(15)23-10-11-7-5-4-6-8-11/h4-8,12-16,19-21H,9-10H2,1-3H3/t12-,13+,14+,15-,16-/m1/s1. The monoisotopic (exact) mass is 354 g/mol. The molecular weight excluding hydrogens is 328 g/mol. The second-order valence-corrected chi connectivity index (χ2v) is 7.12. The minimum atomic E-state index is -1.43. The Labute approximate surface area is 147 Å². The lowest BCUT2D eigenvalue weighted by Gasteiger charge is -2.42. The van der Waals surface area contributed by atoms with Crippen molar-refractivity contribution < 1.29 is 34.3 Å². The molecule has 2 rings (SSSR count). The first-order valence-electron chi connectivity index (χ1n) is 8.23. The number of hydrogen-bond acceptors (Lipinski definition) is 7. The number of benzene rings is 1. The van der Waals surface area contributed by atoms with Crippen molar-refractivity contribution in [2.75, 3.05) is 6.61 Å². The summed E-state index contributed by atoms with van der Waals surface area (Å²) in [6.07, 6.45) is -6.16. The number of carbonyl (C=O) groups excluding carboxylic acids is 1. The third kappa shape index (κ3) is 4.99. The maximum atomic E-state index is 12.2. The maximum Gasteiger partial charge on any atom is 0.311 e. The van der Waals surface area contributed by atoms with E-state index in [0.29, 0.717) is 0 Å². The minimum Gasteiger partial charge on any atom is -0.454 e. The van der Waals surface area contributed by atoms with Crippen molar-refractivity contribution in [1.82, 2.24) is 0 Å². The van der Waals surface area contributed by atoms with Gasteiger partial charge >= 0.3 is 5.97 Å². The van der Waals surface area contributed by atoms with Crippen LogP contribution in [0.2, 0.25) is 0 Å². The summed E-state index contributed by atoms with van der Waals surface area (Å²) in [7, 11) is 0. The normalized spacial score (nSPS) is 30.1. The fourth-order valence-corrected chi connectivity index (χ4v) is 2.37. The molecule has 25 heavy (non-hydrogen) atoms. The highest BCUT2D eigenvalue weighted by molar-refractivity contribution is 5.75. The first kappa shape index (κ1) is 19.8. The van der Waals surface area contributed by atoms with Crippen LogP contribution >= 0.6 is 0 Å². The van der Waals surface area contributed by atoms with Crippen LogP contribution in [0.1, 0.15) is 26.3 Å². The smallest absolute Gasteiger partial charge is 0.311 e. The molecule has 0 aliphatic carbocycles. The van der Waals surface area contributed by atoms with Crippen molar-refractivity contribution in [1.29, 1.82) is 0 Å². The highest BCUT2D eigenvalue weighted by Gasteiger charge is 2.48. The second-order valence-electron chi connectivity index (χ2n) is 7.12. The van der Waals surface area contributed by atoms with Gasteiger partial charge in [0.1, 0.15) is 18.3 Å². The van der Waals surface area contributed by atoms with Gasteiger partial charge in [-0.3, -0.25) is 4.79 Å². The van der Waals surface area contributed by atoms with Crippen molar-refractivity contribution in [3.8, 4) is 0 Å². The van der Waals surface area contributed by atoms with E-state index in [1.807, 2.05) is 30.3 Å². The number of ether oxygens (including phenoxy) is 3. The molecule has 0 saturated carbocycles. The lowest BCUT2D eigenvalue weighted by Crippen LogP contribution is -2.60. The summed E-state index contributed by atoms with van der Waals surface area (Å²) in [4.78, 5) is 12.2. The Kier molecular flexibility index (Phi) is 6.53. The zero-order chi connectivity index (χ0) is 18.6. The summed E-state index contributed by atoms with van der Waals surface area (Å²) < 4.78 is 16.5. The van der Waals surface area contributed by atoms with Crippen LogP contribution in [-0.2, 0) is 25.6 Å². The van der Waals surface area contributed by atoms with Gasteiger partial charge in [0, 0.05) is 0 Å². The van der Waals surface area contributed by atoms with E-state index in [9.17, 15) is 20.1 Å². The third-order valence-electron chi connectivity index (χ3n) is 3.94. The van der Waals surface area contributed by atoms with Gasteiger partial charge in [0.25, 0.3) is 0 Å². The zero-order valence-corrected chi connectivity index (χ0v) is 14.7. The predicted molar refractivity (Wildman–Crippen MR) is 88.3 cm³/mol. The van der Waals surface area contributed by atoms with Crippen molar-refractivity contribution in [3.63, 3.8) is 0 Å². The van der Waals surface area contributed by atoms with E-state index in [-0.39, 0.29) is 6.61 Å². The van der Waals surface area contributed by atoms with Gasteiger partial charge in [0.2, 0.25) is 0 Å². The van der Waals surface area contributed by atoms with Gasteiger partial charge in [-0.15, -0.1) is 0 Å². The molecule has 5 atom stereocenters. The summed E-state index contributed by atoms with van der Waals surface area (Å²) in [6.45, 7) is 4.70. The maximum absolute atomic E-state index is 12.2. The highest BCUT2D eigenvalue weighted by Crippen LogP contribution is 2.27. The van der Waals surface area contributed by atoms with Crippen molar-refractivity contribution in [2.45, 2.75) is 58.1 Å². The molecule has 0 spiro atoms. The van der Waals surface area contributed by atoms with Crippen LogP contribution in [0, 0.1) is 5.41 Å². The van der Waals surface area contributed by atoms with Crippen LogP contribution in [-0.4, -0.2) is 58.6 Å². The predicted octanol–water partition coefficient (Wildman–Crippen LogP) is 0.600. The minimum absolute atomic E-state index is 0.163. The molecule has 7 nitrogen and oxygen atoms in total. The average molecular weight is 354 g/mol. The second kappa shape index (κ2) is 8.25. The molecule has 1 aromatic rings. The van der Waals surface area contributed by atoms with Crippen LogP contribution < -0.4 is 0 Å². The fraction of sp³-hybridized carbons (Fsp3) is 0.611. The third-order valence-corrected chi connectivity index (χ3v) is 3.94. The van der Waals surface area contributed by atoms with Crippen LogP contribution in [0.3, 0.4) is 0 Å². The molecule has 0 unspecified atom stereocenters. The Balaban J connectivity index is 2.13. The van der Waals surface area contributed by atoms with E-state index in [0.717, 1.165) is 5.56 Å². The Morgan fingerprint density at radius 3 is 2.36 bits per heavy atom. The summed E-state index contributed by atoms with van der Waals surface area (Å²) >= 11 is 0. The first-order chi connectivity index (χ1) is 11.7. The van der Waals surface area contributed by atoms with Crippen LogP contribution in [0.15, 0.2) is 30.3 Å². The lowest BCUT2D eigenvalue weighted by molar-refractivity contribution is -0.308. The molecule has 1 aromatic carbocycles. The van der Waals surface area contributed by atoms with E-state index in [1.165, 1.54) is 0 Å². The molecule has 0 aromatic heterocycles. The molecule has 7 heteroatoms. The van der Waals surface area contributed by atoms with E-state index in [2.05, 4.69) is 0 Å². The van der Waals surface area contributed by atoms with Crippen LogP contribution in [0.5, 0.6) is 0 Å². The first-order valence-corrected chi connectivity index (χ1v) is 8.23. The Bertz CT molecular complexity index is 554. The summed E-state index contributed by atoms with van der Waals surface area (Å²) in [6, 6.07) is 9.29. The van der Waals surface area contributed by atoms with Crippen LogP contribution in [0.25, 0.3) is 0 Å². The van der Waals surface area contributed by atoms with Gasteiger partial charge in [0.15, 0.2) is 12.4 Å². The van der Waals surface area contributed by atoms with Crippen molar-refractivity contribution in [2.24, 2.45) is 5.41 Å². The molecule has 3 N–H and O–H groups in total. The molecule has 1 heterocycles. The number of aliphatic hydroxyl groups excluding tert-OH is 3. The molecule has 0 amide bonds. The molecule has 1 aliphatic rings. The van der Waals surface area contributed by atoms with Gasteiger partial charge in [0.05, 0.1) is 18.6 Å². The lowest BCUT2D eigenvalue weighted by atomic mass is 9.95. The van der Waals surface area contributed by atoms with Gasteiger partial charge < -0.3 is 29.5 Å².